The summed E-state index contributed by atoms with van der Waals surface area (Å²) >= 11 is 0. The SMILES string of the molecule is CN(CCN(C)C1=CC=C(N)CC1)C(=O)OC(C)(C)C. The molecule has 114 valence electrons. The predicted molar refractivity (Wildman–Crippen MR) is 81.1 cm³/mol. The van der Waals surface area contributed by atoms with E-state index in [1.807, 2.05) is 40.0 Å². The van der Waals surface area contributed by atoms with Gasteiger partial charge in [-0.15, -0.1) is 0 Å². The van der Waals surface area contributed by atoms with Crippen LogP contribution in [0.2, 0.25) is 0 Å². The molecule has 0 radical (unpaired) electrons. The summed E-state index contributed by atoms with van der Waals surface area (Å²) in [6.45, 7) is 7.01. The molecule has 0 atom stereocenters. The summed E-state index contributed by atoms with van der Waals surface area (Å²) in [6.07, 6.45) is 5.57. The molecule has 0 saturated heterocycles. The van der Waals surface area contributed by atoms with Crippen molar-refractivity contribution in [2.45, 2.75) is 39.2 Å². The topological polar surface area (TPSA) is 58.8 Å². The van der Waals surface area contributed by atoms with Crippen molar-refractivity contribution in [1.29, 1.82) is 0 Å². The highest BCUT2D eigenvalue weighted by atomic mass is 16.6. The molecule has 0 aromatic rings. The number of ether oxygens (including phenoxy) is 1. The molecule has 1 rings (SSSR count). The van der Waals surface area contributed by atoms with Gasteiger partial charge >= 0.3 is 6.09 Å². The number of amides is 1. The van der Waals surface area contributed by atoms with Crippen LogP contribution in [0.5, 0.6) is 0 Å². The Morgan fingerprint density at radius 3 is 2.40 bits per heavy atom. The highest BCUT2D eigenvalue weighted by Crippen LogP contribution is 2.17. The summed E-state index contributed by atoms with van der Waals surface area (Å²) in [4.78, 5) is 15.6. The molecule has 0 heterocycles. The van der Waals surface area contributed by atoms with E-state index in [1.165, 1.54) is 5.70 Å². The van der Waals surface area contributed by atoms with Gasteiger partial charge in [-0.1, -0.05) is 0 Å². The molecule has 0 aliphatic heterocycles. The second-order valence-electron chi connectivity index (χ2n) is 6.22. The summed E-state index contributed by atoms with van der Waals surface area (Å²) in [5, 5.41) is 0. The first-order valence-electron chi connectivity index (χ1n) is 6.99. The van der Waals surface area contributed by atoms with Crippen LogP contribution in [-0.4, -0.2) is 48.7 Å². The minimum absolute atomic E-state index is 0.285. The van der Waals surface area contributed by atoms with Gasteiger partial charge in [0.15, 0.2) is 0 Å². The van der Waals surface area contributed by atoms with Crippen LogP contribution in [0.15, 0.2) is 23.5 Å². The average molecular weight is 281 g/mol. The molecule has 0 unspecified atom stereocenters. The standard InChI is InChI=1S/C15H27N3O2/c1-15(2,3)20-14(19)18(5)11-10-17(4)13-8-6-12(16)7-9-13/h6,8H,7,9-11,16H2,1-5H3. The lowest BCUT2D eigenvalue weighted by molar-refractivity contribution is 0.0290. The number of allylic oxidation sites excluding steroid dienone is 4. The van der Waals surface area contributed by atoms with Crippen molar-refractivity contribution < 1.29 is 9.53 Å². The first-order valence-corrected chi connectivity index (χ1v) is 6.99. The van der Waals surface area contributed by atoms with Crippen LogP contribution < -0.4 is 5.73 Å². The molecule has 1 amide bonds. The Kier molecular flexibility index (Phi) is 5.48. The summed E-state index contributed by atoms with van der Waals surface area (Å²) in [7, 11) is 3.79. The lowest BCUT2D eigenvalue weighted by atomic mass is 10.1. The maximum absolute atomic E-state index is 11.8. The third-order valence-corrected chi connectivity index (χ3v) is 3.13. The highest BCUT2D eigenvalue weighted by Gasteiger charge is 2.19. The number of likely N-dealkylation sites (N-methyl/N-ethyl adjacent to an activating group) is 2. The van der Waals surface area contributed by atoms with Crippen molar-refractivity contribution in [3.8, 4) is 0 Å². The average Bonchev–Trinajstić information content (AvgIpc) is 2.34. The number of carbonyl (C=O) groups excluding carboxylic acids is 1. The summed E-state index contributed by atoms with van der Waals surface area (Å²) in [6, 6.07) is 0. The lowest BCUT2D eigenvalue weighted by Gasteiger charge is -2.28. The second kappa shape index (κ2) is 6.68. The number of rotatable bonds is 4. The summed E-state index contributed by atoms with van der Waals surface area (Å²) < 4.78 is 5.32. The van der Waals surface area contributed by atoms with Gasteiger partial charge in [0, 0.05) is 38.6 Å². The Hall–Kier alpha value is -1.65. The van der Waals surface area contributed by atoms with Crippen molar-refractivity contribution in [3.05, 3.63) is 23.5 Å². The van der Waals surface area contributed by atoms with E-state index in [-0.39, 0.29) is 6.09 Å². The normalized spacial score (nSPS) is 15.2. The molecule has 5 nitrogen and oxygen atoms in total. The van der Waals surface area contributed by atoms with E-state index in [9.17, 15) is 4.79 Å². The Morgan fingerprint density at radius 2 is 1.90 bits per heavy atom. The van der Waals surface area contributed by atoms with Crippen molar-refractivity contribution in [2.75, 3.05) is 27.2 Å². The molecule has 0 aromatic carbocycles. The quantitative estimate of drug-likeness (QED) is 0.859. The lowest BCUT2D eigenvalue weighted by Crippen LogP contribution is -2.38. The van der Waals surface area contributed by atoms with Gasteiger partial charge in [-0.3, -0.25) is 0 Å². The van der Waals surface area contributed by atoms with Gasteiger partial charge in [0.05, 0.1) is 0 Å². The van der Waals surface area contributed by atoms with Gasteiger partial charge in [-0.05, 0) is 45.8 Å². The van der Waals surface area contributed by atoms with E-state index in [0.29, 0.717) is 6.54 Å². The van der Waals surface area contributed by atoms with Crippen LogP contribution in [0.3, 0.4) is 0 Å². The van der Waals surface area contributed by atoms with Gasteiger partial charge < -0.3 is 20.3 Å². The Bertz CT molecular complexity index is 408. The minimum Gasteiger partial charge on any atom is -0.444 e. The van der Waals surface area contributed by atoms with Crippen molar-refractivity contribution in [2.24, 2.45) is 5.73 Å². The molecule has 5 heteroatoms. The van der Waals surface area contributed by atoms with Crippen molar-refractivity contribution in [1.82, 2.24) is 9.80 Å². The monoisotopic (exact) mass is 281 g/mol. The molecule has 1 aliphatic carbocycles. The smallest absolute Gasteiger partial charge is 0.410 e. The zero-order valence-electron chi connectivity index (χ0n) is 13.3. The van der Waals surface area contributed by atoms with E-state index >= 15 is 0 Å². The van der Waals surface area contributed by atoms with Gasteiger partial charge in [0.2, 0.25) is 0 Å². The van der Waals surface area contributed by atoms with Gasteiger partial charge in [0.25, 0.3) is 0 Å². The minimum atomic E-state index is -0.453. The molecule has 0 fully saturated rings. The van der Waals surface area contributed by atoms with Crippen LogP contribution in [-0.2, 0) is 4.74 Å². The zero-order chi connectivity index (χ0) is 15.3. The largest absolute Gasteiger partial charge is 0.444 e. The third kappa shape index (κ3) is 5.55. The van der Waals surface area contributed by atoms with Gasteiger partial charge in [0.1, 0.15) is 5.60 Å². The Balaban J connectivity index is 2.41. The molecular weight excluding hydrogens is 254 g/mol. The fourth-order valence-electron chi connectivity index (χ4n) is 1.84. The van der Waals surface area contributed by atoms with Crippen LogP contribution in [0.1, 0.15) is 33.6 Å². The van der Waals surface area contributed by atoms with E-state index in [1.54, 1.807) is 11.9 Å². The third-order valence-electron chi connectivity index (χ3n) is 3.13. The number of hydrogen-bond acceptors (Lipinski definition) is 4. The van der Waals surface area contributed by atoms with Crippen molar-refractivity contribution >= 4 is 6.09 Å². The van der Waals surface area contributed by atoms with Crippen LogP contribution in [0, 0.1) is 0 Å². The Labute approximate surface area is 122 Å². The maximum Gasteiger partial charge on any atom is 0.410 e. The van der Waals surface area contributed by atoms with E-state index in [4.69, 9.17) is 10.5 Å². The molecule has 2 N–H and O–H groups in total. The zero-order valence-corrected chi connectivity index (χ0v) is 13.3. The van der Waals surface area contributed by atoms with E-state index in [2.05, 4.69) is 4.90 Å². The van der Waals surface area contributed by atoms with Crippen LogP contribution in [0.4, 0.5) is 4.79 Å². The number of hydrogen-bond donors (Lipinski definition) is 1. The molecule has 0 aromatic heterocycles. The molecule has 0 spiro atoms. The predicted octanol–water partition coefficient (Wildman–Crippen LogP) is 2.31. The molecule has 0 saturated carbocycles. The van der Waals surface area contributed by atoms with Crippen LogP contribution >= 0.6 is 0 Å². The van der Waals surface area contributed by atoms with Crippen molar-refractivity contribution in [3.63, 3.8) is 0 Å². The van der Waals surface area contributed by atoms with Gasteiger partial charge in [-0.25, -0.2) is 4.79 Å². The first-order chi connectivity index (χ1) is 9.19. The fraction of sp³-hybridized carbons (Fsp3) is 0.667. The highest BCUT2D eigenvalue weighted by molar-refractivity contribution is 5.67. The molecular formula is C15H27N3O2. The number of nitrogens with two attached hydrogens (primary N) is 1. The van der Waals surface area contributed by atoms with Gasteiger partial charge in [-0.2, -0.15) is 0 Å². The maximum atomic E-state index is 11.8. The number of carbonyl (C=O) groups is 1. The number of nitrogens with zero attached hydrogens (tertiary/aromatic N) is 2. The summed E-state index contributed by atoms with van der Waals surface area (Å²) in [5.74, 6) is 0. The molecule has 1 aliphatic rings. The molecule has 0 bridgehead atoms. The first kappa shape index (κ1) is 16.4. The Morgan fingerprint density at radius 1 is 1.25 bits per heavy atom. The second-order valence-corrected chi connectivity index (χ2v) is 6.22. The molecule has 20 heavy (non-hydrogen) atoms. The summed E-state index contributed by atoms with van der Waals surface area (Å²) in [5.41, 5.74) is 7.46. The van der Waals surface area contributed by atoms with Crippen LogP contribution in [0.25, 0.3) is 0 Å². The van der Waals surface area contributed by atoms with E-state index in [0.717, 1.165) is 25.1 Å². The fourth-order valence-corrected chi connectivity index (χ4v) is 1.84. The van der Waals surface area contributed by atoms with E-state index < -0.39 is 5.60 Å².